The van der Waals surface area contributed by atoms with Crippen LogP contribution in [0.1, 0.15) is 53.2 Å². The van der Waals surface area contributed by atoms with E-state index in [9.17, 15) is 15.0 Å². The van der Waals surface area contributed by atoms with Crippen LogP contribution in [-0.2, 0) is 0 Å². The van der Waals surface area contributed by atoms with Gasteiger partial charge in [-0.05, 0) is 98.8 Å². The minimum Gasteiger partial charge on any atom is -0.508 e. The maximum absolute atomic E-state index is 14.4. The van der Waals surface area contributed by atoms with Gasteiger partial charge < -0.3 is 14.9 Å². The molecule has 186 valence electrons. The maximum Gasteiger partial charge on any atom is 0.198 e. The van der Waals surface area contributed by atoms with Gasteiger partial charge in [0.05, 0.1) is 5.56 Å². The van der Waals surface area contributed by atoms with E-state index >= 15 is 0 Å². The molecule has 5 nitrogen and oxygen atoms in total. The van der Waals surface area contributed by atoms with Crippen LogP contribution in [0.3, 0.4) is 0 Å². The van der Waals surface area contributed by atoms with Crippen molar-refractivity contribution in [3.8, 4) is 27.7 Å². The van der Waals surface area contributed by atoms with Gasteiger partial charge in [-0.25, -0.2) is 0 Å². The molecule has 1 aliphatic rings. The molecule has 2 N–H and O–H groups in total. The summed E-state index contributed by atoms with van der Waals surface area (Å²) in [4.78, 5) is 17.5. The Labute approximate surface area is 215 Å². The molecule has 5 rings (SSSR count). The third-order valence-electron chi connectivity index (χ3n) is 6.89. The summed E-state index contributed by atoms with van der Waals surface area (Å²) in [6.07, 6.45) is 3.44. The zero-order valence-corrected chi connectivity index (χ0v) is 21.7. The Hall–Kier alpha value is -3.35. The molecule has 1 fully saturated rings. The molecule has 36 heavy (non-hydrogen) atoms. The SMILES string of the molecule is Cc1cc(C)c(OC(C)N2CCCCC2)c(C(=O)c2c(-c3ccc(O)cc3)sc3cc(O)ccc23)c1. The van der Waals surface area contributed by atoms with Crippen molar-refractivity contribution in [2.75, 3.05) is 13.1 Å². The van der Waals surface area contributed by atoms with Gasteiger partial charge in [0, 0.05) is 33.6 Å². The Bertz CT molecular complexity index is 1420. The van der Waals surface area contributed by atoms with Crippen molar-refractivity contribution in [3.63, 3.8) is 0 Å². The van der Waals surface area contributed by atoms with Gasteiger partial charge in [-0.3, -0.25) is 9.69 Å². The number of aromatic hydroxyl groups is 2. The summed E-state index contributed by atoms with van der Waals surface area (Å²) < 4.78 is 7.35. The molecule has 0 saturated carbocycles. The van der Waals surface area contributed by atoms with Gasteiger partial charge in [0.15, 0.2) is 5.78 Å². The van der Waals surface area contributed by atoms with Crippen LogP contribution in [0.25, 0.3) is 20.5 Å². The minimum atomic E-state index is -0.133. The second kappa shape index (κ2) is 9.96. The highest BCUT2D eigenvalue weighted by molar-refractivity contribution is 7.22. The topological polar surface area (TPSA) is 70.0 Å². The number of aryl methyl sites for hydroxylation is 2. The van der Waals surface area contributed by atoms with Crippen LogP contribution in [0.5, 0.6) is 17.2 Å². The fraction of sp³-hybridized carbons (Fsp3) is 0.300. The van der Waals surface area contributed by atoms with Crippen molar-refractivity contribution in [1.29, 1.82) is 0 Å². The van der Waals surface area contributed by atoms with Crippen molar-refractivity contribution >= 4 is 27.2 Å². The molecule has 3 aromatic carbocycles. The van der Waals surface area contributed by atoms with Crippen molar-refractivity contribution in [3.05, 3.63) is 76.9 Å². The van der Waals surface area contributed by atoms with Crippen molar-refractivity contribution in [2.24, 2.45) is 0 Å². The number of fused-ring (bicyclic) bond motifs is 1. The lowest BCUT2D eigenvalue weighted by molar-refractivity contribution is 0.0252. The average molecular weight is 502 g/mol. The van der Waals surface area contributed by atoms with Gasteiger partial charge in [-0.15, -0.1) is 11.3 Å². The van der Waals surface area contributed by atoms with E-state index in [0.717, 1.165) is 57.6 Å². The summed E-state index contributed by atoms with van der Waals surface area (Å²) in [6.45, 7) is 8.04. The first kappa shape index (κ1) is 24.3. The summed E-state index contributed by atoms with van der Waals surface area (Å²) >= 11 is 1.46. The lowest BCUT2D eigenvalue weighted by Gasteiger charge is -2.33. The van der Waals surface area contributed by atoms with E-state index in [1.807, 2.05) is 32.0 Å². The van der Waals surface area contributed by atoms with Crippen LogP contribution in [0.15, 0.2) is 54.6 Å². The Morgan fingerprint density at radius 2 is 1.64 bits per heavy atom. The minimum absolute atomic E-state index is 0.109. The normalized spacial score (nSPS) is 15.2. The van der Waals surface area contributed by atoms with Gasteiger partial charge in [0.25, 0.3) is 0 Å². The number of hydrogen-bond acceptors (Lipinski definition) is 6. The lowest BCUT2D eigenvalue weighted by atomic mass is 9.94. The first-order valence-electron chi connectivity index (χ1n) is 12.4. The molecule has 0 radical (unpaired) electrons. The maximum atomic E-state index is 14.4. The molecule has 1 atom stereocenters. The molecule has 2 heterocycles. The van der Waals surface area contributed by atoms with E-state index in [0.29, 0.717) is 16.9 Å². The van der Waals surface area contributed by atoms with Crippen LogP contribution in [0.4, 0.5) is 0 Å². The number of likely N-dealkylation sites (tertiary alicyclic amines) is 1. The number of thiophene rings is 1. The predicted octanol–water partition coefficient (Wildman–Crippen LogP) is 7.04. The smallest absolute Gasteiger partial charge is 0.198 e. The van der Waals surface area contributed by atoms with Crippen LogP contribution >= 0.6 is 11.3 Å². The summed E-state index contributed by atoms with van der Waals surface area (Å²) in [5, 5.41) is 20.7. The van der Waals surface area contributed by atoms with Gasteiger partial charge in [-0.1, -0.05) is 12.5 Å². The molecule has 4 aromatic rings. The number of ether oxygens (including phenoxy) is 1. The standard InChI is InChI=1S/C30H31NO4S/c1-18-15-19(2)29(35-20(3)31-13-5-4-6-14-31)25(16-18)28(34)27-24-12-11-23(33)17-26(24)36-30(27)21-7-9-22(32)10-8-21/h7-12,15-17,20,32-33H,4-6,13-14H2,1-3H3. The molecule has 0 aliphatic carbocycles. The Morgan fingerprint density at radius 1 is 0.944 bits per heavy atom. The number of rotatable bonds is 6. The zero-order chi connectivity index (χ0) is 25.4. The number of phenolic OH excluding ortho intramolecular Hbond substituents is 2. The van der Waals surface area contributed by atoms with Gasteiger partial charge in [-0.2, -0.15) is 0 Å². The fourth-order valence-electron chi connectivity index (χ4n) is 5.07. The number of nitrogens with zero attached hydrogens (tertiary/aromatic N) is 1. The predicted molar refractivity (Wildman–Crippen MR) is 145 cm³/mol. The number of phenols is 2. The number of benzene rings is 3. The number of carbonyl (C=O) groups is 1. The largest absolute Gasteiger partial charge is 0.508 e. The zero-order valence-electron chi connectivity index (χ0n) is 20.9. The van der Waals surface area contributed by atoms with Gasteiger partial charge in [0.1, 0.15) is 23.5 Å². The Morgan fingerprint density at radius 3 is 2.36 bits per heavy atom. The highest BCUT2D eigenvalue weighted by Gasteiger charge is 2.27. The Kier molecular flexibility index (Phi) is 6.73. The van der Waals surface area contributed by atoms with E-state index in [-0.39, 0.29) is 23.5 Å². The third kappa shape index (κ3) is 4.71. The first-order valence-corrected chi connectivity index (χ1v) is 13.2. The van der Waals surface area contributed by atoms with E-state index in [1.54, 1.807) is 30.3 Å². The van der Waals surface area contributed by atoms with Gasteiger partial charge >= 0.3 is 0 Å². The molecule has 1 aliphatic heterocycles. The molecule has 1 aromatic heterocycles. The van der Waals surface area contributed by atoms with E-state index in [1.165, 1.54) is 17.8 Å². The highest BCUT2D eigenvalue weighted by Crippen LogP contribution is 2.43. The Balaban J connectivity index is 1.64. The quantitative estimate of drug-likeness (QED) is 0.277. The number of carbonyl (C=O) groups excluding carboxylic acids is 1. The summed E-state index contributed by atoms with van der Waals surface area (Å²) in [7, 11) is 0. The molecule has 1 saturated heterocycles. The third-order valence-corrected chi connectivity index (χ3v) is 8.09. The van der Waals surface area contributed by atoms with Crippen molar-refractivity contribution < 1.29 is 19.7 Å². The molecular formula is C30H31NO4S. The van der Waals surface area contributed by atoms with Gasteiger partial charge in [0.2, 0.25) is 0 Å². The van der Waals surface area contributed by atoms with E-state index in [2.05, 4.69) is 17.9 Å². The summed E-state index contributed by atoms with van der Waals surface area (Å²) in [5.41, 5.74) is 3.90. The lowest BCUT2D eigenvalue weighted by Crippen LogP contribution is -2.41. The van der Waals surface area contributed by atoms with E-state index < -0.39 is 0 Å². The molecule has 0 spiro atoms. The van der Waals surface area contributed by atoms with Crippen LogP contribution in [0, 0.1) is 13.8 Å². The molecule has 6 heteroatoms. The first-order chi connectivity index (χ1) is 17.3. The van der Waals surface area contributed by atoms with Crippen LogP contribution in [-0.4, -0.2) is 40.2 Å². The van der Waals surface area contributed by atoms with E-state index in [4.69, 9.17) is 4.74 Å². The van der Waals surface area contributed by atoms with Crippen molar-refractivity contribution in [1.82, 2.24) is 4.90 Å². The molecular weight excluding hydrogens is 470 g/mol. The highest BCUT2D eigenvalue weighted by atomic mass is 32.1. The number of ketones is 1. The average Bonchev–Trinajstić information content (AvgIpc) is 3.24. The van der Waals surface area contributed by atoms with Crippen molar-refractivity contribution in [2.45, 2.75) is 46.3 Å². The van der Waals surface area contributed by atoms with Crippen LogP contribution < -0.4 is 4.74 Å². The number of hydrogen-bond donors (Lipinski definition) is 2. The monoisotopic (exact) mass is 501 g/mol. The number of piperidine rings is 1. The molecule has 1 unspecified atom stereocenters. The second-order valence-electron chi connectivity index (χ2n) is 9.63. The molecule has 0 amide bonds. The fourth-order valence-corrected chi connectivity index (χ4v) is 6.31. The van der Waals surface area contributed by atoms with Crippen LogP contribution in [0.2, 0.25) is 0 Å². The second-order valence-corrected chi connectivity index (χ2v) is 10.7. The summed E-state index contributed by atoms with van der Waals surface area (Å²) in [6, 6.07) is 16.0. The summed E-state index contributed by atoms with van der Waals surface area (Å²) in [5.74, 6) is 0.842. The molecule has 0 bridgehead atoms.